The summed E-state index contributed by atoms with van der Waals surface area (Å²) in [5.41, 5.74) is -0.286. The molecule has 1 N–H and O–H groups in total. The quantitative estimate of drug-likeness (QED) is 0.436. The Balaban J connectivity index is 2.10. The minimum absolute atomic E-state index is 0.0154. The summed E-state index contributed by atoms with van der Waals surface area (Å²) in [4.78, 5) is 27.5. The van der Waals surface area contributed by atoms with E-state index in [0.717, 1.165) is 4.68 Å². The Morgan fingerprint density at radius 2 is 2.10 bits per heavy atom. The third-order valence-electron chi connectivity index (χ3n) is 3.85. The van der Waals surface area contributed by atoms with Crippen LogP contribution in [0.1, 0.15) is 12.5 Å². The van der Waals surface area contributed by atoms with Crippen LogP contribution < -0.4 is 20.7 Å². The molecule has 0 fully saturated rings. The van der Waals surface area contributed by atoms with Crippen LogP contribution in [0.15, 0.2) is 49.5 Å². The van der Waals surface area contributed by atoms with E-state index in [1.807, 2.05) is 6.92 Å². The average molecular weight is 477 g/mol. The van der Waals surface area contributed by atoms with Crippen molar-refractivity contribution in [1.82, 2.24) is 9.66 Å². The van der Waals surface area contributed by atoms with Gasteiger partial charge in [-0.1, -0.05) is 29.7 Å². The van der Waals surface area contributed by atoms with Crippen molar-refractivity contribution in [1.29, 1.82) is 0 Å². The number of ether oxygens (including phenoxy) is 2. The lowest BCUT2D eigenvalue weighted by Crippen LogP contribution is -2.32. The fourth-order valence-electron chi connectivity index (χ4n) is 2.59. The van der Waals surface area contributed by atoms with E-state index in [9.17, 15) is 9.59 Å². The molecule has 0 bridgehead atoms. The van der Waals surface area contributed by atoms with Crippen LogP contribution in [0.4, 0.5) is 0 Å². The molecule has 0 radical (unpaired) electrons. The van der Waals surface area contributed by atoms with E-state index in [2.05, 4.69) is 31.9 Å². The topological polar surface area (TPSA) is 85.7 Å². The first-order chi connectivity index (χ1) is 14.0. The van der Waals surface area contributed by atoms with Crippen molar-refractivity contribution in [2.45, 2.75) is 6.92 Å². The van der Waals surface area contributed by atoms with Crippen molar-refractivity contribution >= 4 is 44.6 Å². The van der Waals surface area contributed by atoms with Crippen LogP contribution in [0.2, 0.25) is 5.02 Å². The van der Waals surface area contributed by atoms with Gasteiger partial charge < -0.3 is 14.5 Å². The molecule has 3 aromatic rings. The third kappa shape index (κ3) is 4.21. The Kier molecular flexibility index (Phi) is 6.42. The molecule has 0 spiro atoms. The summed E-state index contributed by atoms with van der Waals surface area (Å²) in [6.07, 6.45) is 6.57. The number of rotatable bonds is 6. The van der Waals surface area contributed by atoms with Crippen molar-refractivity contribution in [3.8, 4) is 23.8 Å². The van der Waals surface area contributed by atoms with Crippen LogP contribution in [-0.2, 0) is 0 Å². The fourth-order valence-corrected chi connectivity index (χ4v) is 3.24. The first-order valence-electron chi connectivity index (χ1n) is 8.47. The van der Waals surface area contributed by atoms with Crippen molar-refractivity contribution in [2.24, 2.45) is 5.10 Å². The van der Waals surface area contributed by atoms with E-state index < -0.39 is 11.2 Å². The van der Waals surface area contributed by atoms with Crippen molar-refractivity contribution in [3.05, 3.63) is 66.2 Å². The van der Waals surface area contributed by atoms with Gasteiger partial charge in [-0.25, -0.2) is 4.79 Å². The number of H-pyrrole nitrogens is 1. The number of benzene rings is 2. The lowest BCUT2D eigenvalue weighted by molar-refractivity contribution is 0.299. The molecule has 2 aromatic carbocycles. The Morgan fingerprint density at radius 3 is 2.83 bits per heavy atom. The normalized spacial score (nSPS) is 11.0. The maximum Gasteiger partial charge on any atom is 0.349 e. The molecule has 148 valence electrons. The summed E-state index contributed by atoms with van der Waals surface area (Å²) < 4.78 is 12.2. The summed E-state index contributed by atoms with van der Waals surface area (Å²) in [6, 6.07) is 8.30. The van der Waals surface area contributed by atoms with Gasteiger partial charge in [0, 0.05) is 10.0 Å². The van der Waals surface area contributed by atoms with E-state index in [1.54, 1.807) is 30.3 Å². The monoisotopic (exact) mass is 475 g/mol. The van der Waals surface area contributed by atoms with E-state index in [4.69, 9.17) is 27.5 Å². The number of aromatic nitrogens is 2. The van der Waals surface area contributed by atoms with Crippen LogP contribution in [0.3, 0.4) is 0 Å². The number of nitrogens with zero attached hydrogens (tertiary/aromatic N) is 2. The summed E-state index contributed by atoms with van der Waals surface area (Å²) in [5.74, 6) is 3.01. The van der Waals surface area contributed by atoms with Crippen molar-refractivity contribution < 1.29 is 9.47 Å². The predicted molar refractivity (Wildman–Crippen MR) is 116 cm³/mol. The maximum absolute atomic E-state index is 12.6. The molecule has 7 nitrogen and oxygen atoms in total. The molecule has 0 aliphatic carbocycles. The first-order valence-corrected chi connectivity index (χ1v) is 9.64. The van der Waals surface area contributed by atoms with E-state index in [-0.39, 0.29) is 17.4 Å². The van der Waals surface area contributed by atoms with Crippen LogP contribution in [0, 0.1) is 12.3 Å². The molecule has 0 unspecified atom stereocenters. The second kappa shape index (κ2) is 8.99. The smallest absolute Gasteiger partial charge is 0.349 e. The molecule has 0 aliphatic rings. The minimum Gasteiger partial charge on any atom is -0.490 e. The number of hydrogen-bond acceptors (Lipinski definition) is 5. The predicted octanol–water partition coefficient (Wildman–Crippen LogP) is 3.40. The number of para-hydroxylation sites is 1. The van der Waals surface area contributed by atoms with Crippen LogP contribution in [0.25, 0.3) is 10.9 Å². The number of aromatic amines is 1. The third-order valence-corrected chi connectivity index (χ3v) is 5.29. The molecule has 0 saturated carbocycles. The van der Waals surface area contributed by atoms with Gasteiger partial charge in [0.15, 0.2) is 11.5 Å². The molecular weight excluding hydrogens is 462 g/mol. The van der Waals surface area contributed by atoms with Gasteiger partial charge in [0.05, 0.1) is 23.7 Å². The SMILES string of the molecule is C#CCOc1c(OCC)cc(C=Nn2c(=O)[nH]c3ccccc3c2=O)c(Br)c1Cl. The first kappa shape index (κ1) is 20.7. The van der Waals surface area contributed by atoms with E-state index in [1.165, 1.54) is 6.21 Å². The van der Waals surface area contributed by atoms with Gasteiger partial charge in [0.2, 0.25) is 0 Å². The highest BCUT2D eigenvalue weighted by Gasteiger charge is 2.17. The number of hydrogen-bond donors (Lipinski definition) is 1. The lowest BCUT2D eigenvalue weighted by atomic mass is 10.2. The van der Waals surface area contributed by atoms with Gasteiger partial charge in [0.25, 0.3) is 5.56 Å². The van der Waals surface area contributed by atoms with Crippen molar-refractivity contribution in [3.63, 3.8) is 0 Å². The molecule has 29 heavy (non-hydrogen) atoms. The zero-order chi connectivity index (χ0) is 21.0. The Labute approximate surface area is 179 Å². The van der Waals surface area contributed by atoms with Crippen LogP contribution in [0.5, 0.6) is 11.5 Å². The van der Waals surface area contributed by atoms with Crippen LogP contribution >= 0.6 is 27.5 Å². The lowest BCUT2D eigenvalue weighted by Gasteiger charge is -2.14. The molecule has 9 heteroatoms. The molecule has 1 heterocycles. The number of fused-ring (bicyclic) bond motifs is 1. The van der Waals surface area contributed by atoms with Crippen LogP contribution in [-0.4, -0.2) is 29.1 Å². The molecular formula is C20H15BrClN3O4. The zero-order valence-electron chi connectivity index (χ0n) is 15.2. The van der Waals surface area contributed by atoms with Gasteiger partial charge in [-0.3, -0.25) is 4.79 Å². The van der Waals surface area contributed by atoms with Gasteiger partial charge in [-0.2, -0.15) is 5.10 Å². The maximum atomic E-state index is 12.6. The second-order valence-electron chi connectivity index (χ2n) is 5.68. The number of terminal acetylenes is 1. The molecule has 0 saturated heterocycles. The summed E-state index contributed by atoms with van der Waals surface area (Å²) in [7, 11) is 0. The average Bonchev–Trinajstić information content (AvgIpc) is 2.71. The highest BCUT2D eigenvalue weighted by atomic mass is 79.9. The Morgan fingerprint density at radius 1 is 1.34 bits per heavy atom. The highest BCUT2D eigenvalue weighted by Crippen LogP contribution is 2.42. The second-order valence-corrected chi connectivity index (χ2v) is 6.86. The van der Waals surface area contributed by atoms with Gasteiger partial charge in [0.1, 0.15) is 11.6 Å². The largest absolute Gasteiger partial charge is 0.490 e. The Hall–Kier alpha value is -3.02. The fraction of sp³-hybridized carbons (Fsp3) is 0.150. The van der Waals surface area contributed by atoms with Gasteiger partial charge in [-0.05, 0) is 41.1 Å². The minimum atomic E-state index is -0.661. The molecule has 0 atom stereocenters. The number of nitrogens with one attached hydrogen (secondary N) is 1. The molecule has 1 aromatic heterocycles. The van der Waals surface area contributed by atoms with Gasteiger partial charge >= 0.3 is 5.69 Å². The summed E-state index contributed by atoms with van der Waals surface area (Å²) >= 11 is 9.75. The number of halogens is 2. The molecule has 0 amide bonds. The standard InChI is InChI=1S/C20H15BrClN3O4/c1-3-9-29-18-15(28-4-2)10-12(16(21)17(18)22)11-23-25-19(26)13-7-5-6-8-14(13)24-20(25)27/h1,5-8,10-11H,4,9H2,2H3,(H,24,27). The molecule has 0 aliphatic heterocycles. The summed E-state index contributed by atoms with van der Waals surface area (Å²) in [5, 5.41) is 4.61. The molecule has 3 rings (SSSR count). The van der Waals surface area contributed by atoms with Gasteiger partial charge in [-0.15, -0.1) is 11.1 Å². The summed E-state index contributed by atoms with van der Waals surface area (Å²) in [6.45, 7) is 2.19. The van der Waals surface area contributed by atoms with E-state index >= 15 is 0 Å². The van der Waals surface area contributed by atoms with Crippen molar-refractivity contribution in [2.75, 3.05) is 13.2 Å². The Bertz CT molecular complexity index is 1260. The van der Waals surface area contributed by atoms with E-state index in [0.29, 0.717) is 33.3 Å². The zero-order valence-corrected chi connectivity index (χ0v) is 17.6. The highest BCUT2D eigenvalue weighted by molar-refractivity contribution is 9.10.